The van der Waals surface area contributed by atoms with Crippen LogP contribution >= 0.6 is 22.9 Å². The van der Waals surface area contributed by atoms with Crippen LogP contribution in [0.25, 0.3) is 0 Å². The van der Waals surface area contributed by atoms with E-state index < -0.39 is 5.97 Å². The van der Waals surface area contributed by atoms with Gasteiger partial charge in [0.2, 0.25) is 0 Å². The van der Waals surface area contributed by atoms with Crippen LogP contribution in [0.15, 0.2) is 23.6 Å². The molecule has 21 heavy (non-hydrogen) atoms. The molecule has 0 aliphatic rings. The monoisotopic (exact) mass is 326 g/mol. The summed E-state index contributed by atoms with van der Waals surface area (Å²) in [6, 6.07) is 4.69. The highest BCUT2D eigenvalue weighted by Crippen LogP contribution is 2.23. The van der Waals surface area contributed by atoms with Gasteiger partial charge in [-0.25, -0.2) is 9.78 Å². The van der Waals surface area contributed by atoms with Crippen molar-refractivity contribution < 1.29 is 19.4 Å². The number of carbonyl (C=O) groups excluding carboxylic acids is 1. The predicted octanol–water partition coefficient (Wildman–Crippen LogP) is 2.43. The third-order valence-corrected chi connectivity index (χ3v) is 3.66. The highest BCUT2D eigenvalue weighted by Gasteiger charge is 2.14. The fourth-order valence-corrected chi connectivity index (χ4v) is 2.46. The number of ether oxygens (including phenoxy) is 1. The number of thiazole rings is 1. The van der Waals surface area contributed by atoms with Crippen molar-refractivity contribution in [1.82, 2.24) is 10.3 Å². The van der Waals surface area contributed by atoms with Crippen LogP contribution in [0.3, 0.4) is 0 Å². The third-order valence-electron chi connectivity index (χ3n) is 2.58. The lowest BCUT2D eigenvalue weighted by Gasteiger charge is -2.08. The molecule has 1 aromatic carbocycles. The maximum atomic E-state index is 12.1. The first-order chi connectivity index (χ1) is 10.0. The van der Waals surface area contributed by atoms with E-state index in [0.717, 1.165) is 0 Å². The van der Waals surface area contributed by atoms with Gasteiger partial charge in [0.25, 0.3) is 5.91 Å². The Hall–Kier alpha value is -2.12. The molecule has 0 atom stereocenters. The molecule has 1 aromatic heterocycles. The molecule has 0 aliphatic heterocycles. The molecule has 0 unspecified atom stereocenters. The molecule has 0 saturated carbocycles. The standard InChI is InChI=1S/C13H11ClN2O4S/c1-20-10-4-7(14)2-3-8(10)12(17)15-5-11-16-9(6-21-11)13(18)19/h2-4,6H,5H2,1H3,(H,15,17)(H,18,19). The molecule has 6 nitrogen and oxygen atoms in total. The molecule has 0 aliphatic carbocycles. The van der Waals surface area contributed by atoms with Crippen LogP contribution in [0.5, 0.6) is 5.75 Å². The van der Waals surface area contributed by atoms with Crippen molar-refractivity contribution in [2.75, 3.05) is 7.11 Å². The molecule has 0 radical (unpaired) electrons. The van der Waals surface area contributed by atoms with Gasteiger partial charge in [-0.3, -0.25) is 4.79 Å². The number of methoxy groups -OCH3 is 1. The maximum absolute atomic E-state index is 12.1. The minimum absolute atomic E-state index is 0.0340. The lowest BCUT2D eigenvalue weighted by molar-refractivity contribution is 0.0691. The van der Waals surface area contributed by atoms with E-state index in [1.807, 2.05) is 0 Å². The van der Waals surface area contributed by atoms with Gasteiger partial charge < -0.3 is 15.2 Å². The van der Waals surface area contributed by atoms with E-state index in [2.05, 4.69) is 10.3 Å². The normalized spacial score (nSPS) is 10.2. The summed E-state index contributed by atoms with van der Waals surface area (Å²) in [7, 11) is 1.45. The molecular formula is C13H11ClN2O4S. The number of carboxylic acids is 1. The highest BCUT2D eigenvalue weighted by atomic mass is 35.5. The molecule has 1 amide bonds. The summed E-state index contributed by atoms with van der Waals surface area (Å²) in [4.78, 5) is 26.7. The van der Waals surface area contributed by atoms with Gasteiger partial charge in [0.05, 0.1) is 19.2 Å². The molecule has 0 spiro atoms. The maximum Gasteiger partial charge on any atom is 0.355 e. The van der Waals surface area contributed by atoms with Crippen molar-refractivity contribution in [1.29, 1.82) is 0 Å². The zero-order chi connectivity index (χ0) is 15.4. The van der Waals surface area contributed by atoms with Gasteiger partial charge in [-0.05, 0) is 18.2 Å². The molecule has 0 fully saturated rings. The van der Waals surface area contributed by atoms with E-state index in [-0.39, 0.29) is 18.1 Å². The first-order valence-electron chi connectivity index (χ1n) is 5.80. The molecule has 2 aromatic rings. The van der Waals surface area contributed by atoms with E-state index >= 15 is 0 Å². The highest BCUT2D eigenvalue weighted by molar-refractivity contribution is 7.09. The Kier molecular flexibility index (Phi) is 4.77. The van der Waals surface area contributed by atoms with E-state index in [0.29, 0.717) is 21.3 Å². The number of nitrogens with zero attached hydrogens (tertiary/aromatic N) is 1. The average molecular weight is 327 g/mol. The van der Waals surface area contributed by atoms with Crippen LogP contribution in [0, 0.1) is 0 Å². The summed E-state index contributed by atoms with van der Waals surface area (Å²) in [5.74, 6) is -1.08. The number of carbonyl (C=O) groups is 2. The molecule has 0 bridgehead atoms. The molecule has 0 saturated heterocycles. The van der Waals surface area contributed by atoms with Crippen molar-refractivity contribution >= 4 is 34.8 Å². The van der Waals surface area contributed by atoms with Gasteiger partial charge in [-0.1, -0.05) is 11.6 Å². The Bertz CT molecular complexity index is 687. The third kappa shape index (κ3) is 3.71. The molecule has 2 rings (SSSR count). The lowest BCUT2D eigenvalue weighted by atomic mass is 10.2. The van der Waals surface area contributed by atoms with Gasteiger partial charge in [-0.2, -0.15) is 0 Å². The number of aromatic carboxylic acids is 1. The van der Waals surface area contributed by atoms with Gasteiger partial charge in [0.15, 0.2) is 5.69 Å². The minimum atomic E-state index is -1.09. The average Bonchev–Trinajstić information content (AvgIpc) is 2.93. The zero-order valence-corrected chi connectivity index (χ0v) is 12.5. The number of hydrogen-bond acceptors (Lipinski definition) is 5. The largest absolute Gasteiger partial charge is 0.496 e. The number of halogens is 1. The van der Waals surface area contributed by atoms with Crippen LogP contribution < -0.4 is 10.1 Å². The van der Waals surface area contributed by atoms with Gasteiger partial charge in [-0.15, -0.1) is 11.3 Å². The van der Waals surface area contributed by atoms with Crippen LogP contribution in [0.1, 0.15) is 25.9 Å². The molecule has 110 valence electrons. The number of aromatic nitrogens is 1. The van der Waals surface area contributed by atoms with Gasteiger partial charge in [0.1, 0.15) is 10.8 Å². The Morgan fingerprint density at radius 3 is 2.86 bits per heavy atom. The predicted molar refractivity (Wildman–Crippen MR) is 78.2 cm³/mol. The van der Waals surface area contributed by atoms with Crippen LogP contribution in [0.2, 0.25) is 5.02 Å². The number of carboxylic acid groups (broad SMARTS) is 1. The Morgan fingerprint density at radius 1 is 1.48 bits per heavy atom. The summed E-state index contributed by atoms with van der Waals surface area (Å²) >= 11 is 7.00. The summed E-state index contributed by atoms with van der Waals surface area (Å²) in [6.45, 7) is 0.141. The molecular weight excluding hydrogens is 316 g/mol. The second-order valence-electron chi connectivity index (χ2n) is 3.96. The van der Waals surface area contributed by atoms with Gasteiger partial charge in [0, 0.05) is 10.4 Å². The fourth-order valence-electron chi connectivity index (χ4n) is 1.59. The van der Waals surface area contributed by atoms with Gasteiger partial charge >= 0.3 is 5.97 Å². The number of hydrogen-bond donors (Lipinski definition) is 2. The van der Waals surface area contributed by atoms with E-state index in [9.17, 15) is 9.59 Å². The summed E-state index contributed by atoms with van der Waals surface area (Å²) in [5.41, 5.74) is 0.310. The number of nitrogens with one attached hydrogen (secondary N) is 1. The number of benzene rings is 1. The second-order valence-corrected chi connectivity index (χ2v) is 5.34. The molecule has 2 N–H and O–H groups in total. The molecule has 1 heterocycles. The second kappa shape index (κ2) is 6.55. The van der Waals surface area contributed by atoms with Crippen molar-refractivity contribution in [2.45, 2.75) is 6.54 Å². The van der Waals surface area contributed by atoms with Crippen LogP contribution in [-0.2, 0) is 6.54 Å². The quantitative estimate of drug-likeness (QED) is 0.881. The summed E-state index contributed by atoms with van der Waals surface area (Å²) in [6.07, 6.45) is 0. The Labute approximate surface area is 129 Å². The van der Waals surface area contributed by atoms with Crippen molar-refractivity contribution in [3.8, 4) is 5.75 Å². The smallest absolute Gasteiger partial charge is 0.355 e. The minimum Gasteiger partial charge on any atom is -0.496 e. The summed E-state index contributed by atoms with van der Waals surface area (Å²) in [5, 5.41) is 13.8. The Balaban J connectivity index is 2.06. The van der Waals surface area contributed by atoms with Crippen LogP contribution in [0.4, 0.5) is 0 Å². The van der Waals surface area contributed by atoms with E-state index in [1.165, 1.54) is 23.8 Å². The van der Waals surface area contributed by atoms with Crippen molar-refractivity contribution in [3.05, 3.63) is 44.9 Å². The molecule has 8 heteroatoms. The first-order valence-corrected chi connectivity index (χ1v) is 7.06. The van der Waals surface area contributed by atoms with E-state index in [1.54, 1.807) is 18.2 Å². The van der Waals surface area contributed by atoms with Crippen molar-refractivity contribution in [2.24, 2.45) is 0 Å². The fraction of sp³-hybridized carbons (Fsp3) is 0.154. The number of amides is 1. The Morgan fingerprint density at radius 2 is 2.24 bits per heavy atom. The SMILES string of the molecule is COc1cc(Cl)ccc1C(=O)NCc1nc(C(=O)O)cs1. The zero-order valence-electron chi connectivity index (χ0n) is 10.9. The number of rotatable bonds is 5. The van der Waals surface area contributed by atoms with Crippen LogP contribution in [-0.4, -0.2) is 29.1 Å². The lowest BCUT2D eigenvalue weighted by Crippen LogP contribution is -2.23. The van der Waals surface area contributed by atoms with Crippen molar-refractivity contribution in [3.63, 3.8) is 0 Å². The topological polar surface area (TPSA) is 88.5 Å². The first kappa shape index (κ1) is 15.3. The summed E-state index contributed by atoms with van der Waals surface area (Å²) < 4.78 is 5.10. The van der Waals surface area contributed by atoms with E-state index in [4.69, 9.17) is 21.4 Å².